The molecule has 0 saturated carbocycles. The van der Waals surface area contributed by atoms with E-state index in [9.17, 15) is 0 Å². The van der Waals surface area contributed by atoms with Crippen molar-refractivity contribution in [3.63, 3.8) is 0 Å². The minimum atomic E-state index is 0.799. The van der Waals surface area contributed by atoms with Crippen LogP contribution in [0.5, 0.6) is 0 Å². The lowest BCUT2D eigenvalue weighted by Crippen LogP contribution is -2.53. The molecule has 1 aromatic rings. The van der Waals surface area contributed by atoms with Crippen LogP contribution in [-0.2, 0) is 0 Å². The van der Waals surface area contributed by atoms with Crippen molar-refractivity contribution in [2.45, 2.75) is 12.5 Å². The highest BCUT2D eigenvalue weighted by Gasteiger charge is 2.26. The second kappa shape index (κ2) is 8.49. The molecule has 0 amide bonds. The van der Waals surface area contributed by atoms with E-state index in [0.717, 1.165) is 19.1 Å². The van der Waals surface area contributed by atoms with Crippen molar-refractivity contribution in [3.8, 4) is 0 Å². The topological polar surface area (TPSA) is 25.0 Å². The van der Waals surface area contributed by atoms with Crippen LogP contribution in [0.2, 0.25) is 0 Å². The molecule has 4 rings (SSSR count). The van der Waals surface area contributed by atoms with Gasteiger partial charge in [-0.1, -0.05) is 18.2 Å². The van der Waals surface area contributed by atoms with Gasteiger partial charge in [-0.2, -0.15) is 0 Å². The summed E-state index contributed by atoms with van der Waals surface area (Å²) in [6, 6.07) is 11.6. The SMILES string of the molecule is c1ccc(N2CCN(CCN3CCN([C@@H]4CCNC4)CC3)CC2)cc1. The highest BCUT2D eigenvalue weighted by atomic mass is 15.3. The van der Waals surface area contributed by atoms with Gasteiger partial charge in [0, 0.05) is 83.7 Å². The molecule has 3 aliphatic rings. The molecule has 138 valence electrons. The molecule has 3 heterocycles. The van der Waals surface area contributed by atoms with E-state index in [4.69, 9.17) is 0 Å². The van der Waals surface area contributed by atoms with Crippen molar-refractivity contribution in [2.24, 2.45) is 0 Å². The standard InChI is InChI=1S/C20H33N5/c1-2-4-19(5-3-1)24-14-10-22(11-15-24)8-9-23-12-16-25(17-13-23)20-6-7-21-18-20/h1-5,20-21H,6-18H2/t20-/m1/s1. The zero-order chi connectivity index (χ0) is 16.9. The van der Waals surface area contributed by atoms with Gasteiger partial charge >= 0.3 is 0 Å². The molecule has 0 radical (unpaired) electrons. The summed E-state index contributed by atoms with van der Waals surface area (Å²) in [6.07, 6.45) is 1.34. The highest BCUT2D eigenvalue weighted by molar-refractivity contribution is 5.46. The van der Waals surface area contributed by atoms with Gasteiger partial charge < -0.3 is 10.2 Å². The molecule has 1 atom stereocenters. The van der Waals surface area contributed by atoms with Crippen LogP contribution in [0.25, 0.3) is 0 Å². The maximum absolute atomic E-state index is 3.50. The molecule has 5 heteroatoms. The fourth-order valence-electron chi connectivity index (χ4n) is 4.45. The molecule has 0 bridgehead atoms. The second-order valence-electron chi connectivity index (χ2n) is 7.69. The van der Waals surface area contributed by atoms with Crippen molar-refractivity contribution >= 4 is 5.69 Å². The Labute approximate surface area is 152 Å². The summed E-state index contributed by atoms with van der Waals surface area (Å²) in [4.78, 5) is 10.5. The Balaban J connectivity index is 1.14. The number of benzene rings is 1. The normalized spacial score (nSPS) is 27.0. The van der Waals surface area contributed by atoms with Crippen molar-refractivity contribution in [2.75, 3.05) is 83.4 Å². The van der Waals surface area contributed by atoms with Gasteiger partial charge in [0.1, 0.15) is 0 Å². The lowest BCUT2D eigenvalue weighted by atomic mass is 10.2. The van der Waals surface area contributed by atoms with Crippen LogP contribution in [0.1, 0.15) is 6.42 Å². The summed E-state index contributed by atoms with van der Waals surface area (Å²) in [7, 11) is 0. The molecule has 0 aliphatic carbocycles. The number of anilines is 1. The highest BCUT2D eigenvalue weighted by Crippen LogP contribution is 2.16. The van der Waals surface area contributed by atoms with Crippen molar-refractivity contribution in [3.05, 3.63) is 30.3 Å². The molecule has 1 N–H and O–H groups in total. The van der Waals surface area contributed by atoms with Crippen molar-refractivity contribution in [1.82, 2.24) is 20.0 Å². The van der Waals surface area contributed by atoms with Gasteiger partial charge in [-0.25, -0.2) is 0 Å². The van der Waals surface area contributed by atoms with Crippen molar-refractivity contribution in [1.29, 1.82) is 0 Å². The Bertz CT molecular complexity index is 500. The molecule has 3 aliphatic heterocycles. The molecular weight excluding hydrogens is 310 g/mol. The Hall–Kier alpha value is -1.14. The quantitative estimate of drug-likeness (QED) is 0.852. The first-order valence-electron chi connectivity index (χ1n) is 10.1. The van der Waals surface area contributed by atoms with Gasteiger partial charge in [0.25, 0.3) is 0 Å². The number of nitrogens with zero attached hydrogens (tertiary/aromatic N) is 4. The van der Waals surface area contributed by atoms with Crippen LogP contribution in [0, 0.1) is 0 Å². The number of hydrogen-bond acceptors (Lipinski definition) is 5. The molecular formula is C20H33N5. The van der Waals surface area contributed by atoms with Gasteiger partial charge in [0.15, 0.2) is 0 Å². The molecule has 0 unspecified atom stereocenters. The zero-order valence-electron chi connectivity index (χ0n) is 15.4. The number of hydrogen-bond donors (Lipinski definition) is 1. The molecule has 0 aromatic heterocycles. The van der Waals surface area contributed by atoms with E-state index >= 15 is 0 Å². The predicted molar refractivity (Wildman–Crippen MR) is 104 cm³/mol. The maximum Gasteiger partial charge on any atom is 0.0367 e. The largest absolute Gasteiger partial charge is 0.369 e. The van der Waals surface area contributed by atoms with Gasteiger partial charge in [0.2, 0.25) is 0 Å². The molecule has 5 nitrogen and oxygen atoms in total. The van der Waals surface area contributed by atoms with Gasteiger partial charge in [-0.05, 0) is 25.1 Å². The Morgan fingerprint density at radius 3 is 2.04 bits per heavy atom. The van der Waals surface area contributed by atoms with E-state index in [1.54, 1.807) is 0 Å². The summed E-state index contributed by atoms with van der Waals surface area (Å²) in [5, 5.41) is 3.50. The van der Waals surface area contributed by atoms with Gasteiger partial charge in [-0.15, -0.1) is 0 Å². The maximum atomic E-state index is 3.50. The summed E-state index contributed by atoms with van der Waals surface area (Å²) >= 11 is 0. The van der Waals surface area contributed by atoms with Crippen LogP contribution in [-0.4, -0.2) is 99.3 Å². The fraction of sp³-hybridized carbons (Fsp3) is 0.700. The van der Waals surface area contributed by atoms with E-state index < -0.39 is 0 Å². The molecule has 3 saturated heterocycles. The number of para-hydroxylation sites is 1. The predicted octanol–water partition coefficient (Wildman–Crippen LogP) is 0.788. The zero-order valence-corrected chi connectivity index (χ0v) is 15.4. The van der Waals surface area contributed by atoms with E-state index in [1.807, 2.05) is 0 Å². The van der Waals surface area contributed by atoms with E-state index in [1.165, 1.54) is 77.6 Å². The average molecular weight is 344 g/mol. The Morgan fingerprint density at radius 1 is 0.800 bits per heavy atom. The Kier molecular flexibility index (Phi) is 5.87. The Morgan fingerprint density at radius 2 is 1.44 bits per heavy atom. The van der Waals surface area contributed by atoms with E-state index in [-0.39, 0.29) is 0 Å². The van der Waals surface area contributed by atoms with E-state index in [2.05, 4.69) is 55.2 Å². The second-order valence-corrected chi connectivity index (χ2v) is 7.69. The molecule has 0 spiro atoms. The minimum absolute atomic E-state index is 0.799. The smallest absolute Gasteiger partial charge is 0.0367 e. The van der Waals surface area contributed by atoms with Gasteiger partial charge in [-0.3, -0.25) is 14.7 Å². The van der Waals surface area contributed by atoms with Gasteiger partial charge in [0.05, 0.1) is 0 Å². The fourth-order valence-corrected chi connectivity index (χ4v) is 4.45. The third-order valence-electron chi connectivity index (χ3n) is 6.18. The first-order chi connectivity index (χ1) is 12.4. The number of rotatable bonds is 5. The number of piperazine rings is 2. The monoisotopic (exact) mass is 343 g/mol. The summed E-state index contributed by atoms with van der Waals surface area (Å²) in [5.41, 5.74) is 1.37. The molecule has 3 fully saturated rings. The summed E-state index contributed by atoms with van der Waals surface area (Å²) in [6.45, 7) is 14.6. The lowest BCUT2D eigenvalue weighted by Gasteiger charge is -2.40. The minimum Gasteiger partial charge on any atom is -0.369 e. The van der Waals surface area contributed by atoms with Crippen LogP contribution >= 0.6 is 0 Å². The third-order valence-corrected chi connectivity index (χ3v) is 6.18. The summed E-state index contributed by atoms with van der Waals surface area (Å²) in [5.74, 6) is 0. The summed E-state index contributed by atoms with van der Waals surface area (Å²) < 4.78 is 0. The van der Waals surface area contributed by atoms with Crippen LogP contribution in [0.15, 0.2) is 30.3 Å². The third kappa shape index (κ3) is 4.53. The van der Waals surface area contributed by atoms with Crippen LogP contribution < -0.4 is 10.2 Å². The van der Waals surface area contributed by atoms with Crippen LogP contribution in [0.4, 0.5) is 5.69 Å². The van der Waals surface area contributed by atoms with Crippen LogP contribution in [0.3, 0.4) is 0 Å². The lowest BCUT2D eigenvalue weighted by molar-refractivity contribution is 0.0927. The van der Waals surface area contributed by atoms with E-state index in [0.29, 0.717) is 0 Å². The molecule has 1 aromatic carbocycles. The van der Waals surface area contributed by atoms with Crippen molar-refractivity contribution < 1.29 is 0 Å². The molecule has 25 heavy (non-hydrogen) atoms. The first kappa shape index (κ1) is 17.3. The number of nitrogens with one attached hydrogen (secondary N) is 1. The average Bonchev–Trinajstić information content (AvgIpc) is 3.23. The first-order valence-corrected chi connectivity index (χ1v) is 10.1.